The number of anilines is 2. The van der Waals surface area contributed by atoms with Gasteiger partial charge in [0.15, 0.2) is 5.96 Å². The first-order valence-electron chi connectivity index (χ1n) is 8.70. The summed E-state index contributed by atoms with van der Waals surface area (Å²) in [6.45, 7) is 4.98. The van der Waals surface area contributed by atoms with Gasteiger partial charge in [0, 0.05) is 17.8 Å². The van der Waals surface area contributed by atoms with E-state index >= 15 is 0 Å². The number of ether oxygens (including phenoxy) is 1. The van der Waals surface area contributed by atoms with E-state index < -0.39 is 0 Å². The van der Waals surface area contributed by atoms with Crippen LogP contribution in [-0.2, 0) is 11.2 Å². The number of benzene rings is 2. The Bertz CT molecular complexity index is 825. The zero-order chi connectivity index (χ0) is 18.5. The predicted octanol–water partition coefficient (Wildman–Crippen LogP) is 2.99. The third kappa shape index (κ3) is 4.75. The van der Waals surface area contributed by atoms with Crippen molar-refractivity contribution in [2.45, 2.75) is 26.7 Å². The largest absolute Gasteiger partial charge is 0.492 e. The molecule has 0 radical (unpaired) electrons. The second-order valence-corrected chi connectivity index (χ2v) is 6.48. The van der Waals surface area contributed by atoms with Crippen molar-refractivity contribution in [2.24, 2.45) is 10.7 Å². The van der Waals surface area contributed by atoms with Crippen LogP contribution in [0.15, 0.2) is 41.4 Å². The van der Waals surface area contributed by atoms with Gasteiger partial charge in [0.1, 0.15) is 12.4 Å². The molecular formula is C20H24N4O2. The molecule has 0 aliphatic carbocycles. The lowest BCUT2D eigenvalue weighted by Crippen LogP contribution is -2.23. The second-order valence-electron chi connectivity index (χ2n) is 6.48. The van der Waals surface area contributed by atoms with Crippen LogP contribution in [0.2, 0.25) is 0 Å². The number of hydrogen-bond acceptors (Lipinski definition) is 3. The van der Waals surface area contributed by atoms with Crippen LogP contribution in [-0.4, -0.2) is 25.0 Å². The topological polar surface area (TPSA) is 88.7 Å². The molecular weight excluding hydrogens is 328 g/mol. The predicted molar refractivity (Wildman–Crippen MR) is 105 cm³/mol. The Balaban J connectivity index is 1.50. The van der Waals surface area contributed by atoms with Gasteiger partial charge in [0.05, 0.1) is 6.54 Å². The van der Waals surface area contributed by atoms with Crippen molar-refractivity contribution >= 4 is 23.2 Å². The number of amides is 1. The number of rotatable bonds is 5. The highest BCUT2D eigenvalue weighted by Crippen LogP contribution is 2.26. The maximum atomic E-state index is 11.4. The fourth-order valence-electron chi connectivity index (χ4n) is 3.01. The lowest BCUT2D eigenvalue weighted by molar-refractivity contribution is -0.116. The molecule has 6 heteroatoms. The van der Waals surface area contributed by atoms with E-state index in [1.807, 2.05) is 44.2 Å². The molecule has 1 heterocycles. The van der Waals surface area contributed by atoms with Crippen LogP contribution in [0, 0.1) is 13.8 Å². The monoisotopic (exact) mass is 352 g/mol. The molecule has 0 saturated carbocycles. The average molecular weight is 352 g/mol. The fraction of sp³-hybridized carbons (Fsp3) is 0.300. The van der Waals surface area contributed by atoms with E-state index in [1.54, 1.807) is 0 Å². The van der Waals surface area contributed by atoms with Crippen molar-refractivity contribution in [1.82, 2.24) is 0 Å². The number of nitrogens with two attached hydrogens (primary N) is 1. The molecule has 2 aromatic carbocycles. The summed E-state index contributed by atoms with van der Waals surface area (Å²) in [6.07, 6.45) is 1.25. The zero-order valence-electron chi connectivity index (χ0n) is 15.1. The highest BCUT2D eigenvalue weighted by molar-refractivity contribution is 5.94. The molecule has 0 atom stereocenters. The number of fused-ring (bicyclic) bond motifs is 1. The maximum absolute atomic E-state index is 11.4. The second kappa shape index (κ2) is 7.91. The smallest absolute Gasteiger partial charge is 0.224 e. The highest BCUT2D eigenvalue weighted by Gasteiger charge is 2.14. The van der Waals surface area contributed by atoms with Crippen molar-refractivity contribution in [1.29, 1.82) is 0 Å². The molecule has 0 aromatic heterocycles. The van der Waals surface area contributed by atoms with Gasteiger partial charge in [-0.3, -0.25) is 4.79 Å². The lowest BCUT2D eigenvalue weighted by atomic mass is 10.0. The van der Waals surface area contributed by atoms with E-state index in [9.17, 15) is 4.79 Å². The van der Waals surface area contributed by atoms with Crippen molar-refractivity contribution in [3.63, 3.8) is 0 Å². The summed E-state index contributed by atoms with van der Waals surface area (Å²) in [7, 11) is 0. The quantitative estimate of drug-likeness (QED) is 0.438. The number of carbonyl (C=O) groups excluding carboxylic acids is 1. The summed E-state index contributed by atoms with van der Waals surface area (Å²) in [4.78, 5) is 15.7. The first kappa shape index (κ1) is 17.8. The molecule has 136 valence electrons. The molecule has 0 spiro atoms. The Morgan fingerprint density at radius 3 is 2.73 bits per heavy atom. The molecule has 0 fully saturated rings. The highest BCUT2D eigenvalue weighted by atomic mass is 16.5. The number of guanidine groups is 1. The molecule has 1 aliphatic rings. The number of hydrogen-bond donors (Lipinski definition) is 3. The standard InChI is InChI=1S/C20H24N4O2/c1-13-9-14(2)11-16(10-13)23-20(21)22-7-8-26-17-4-5-18-15(12-17)3-6-19(25)24-18/h4-5,9-12H,3,6-8H2,1-2H3,(H,24,25)(H3,21,22,23). The molecule has 0 unspecified atom stereocenters. The van der Waals surface area contributed by atoms with E-state index in [2.05, 4.69) is 21.7 Å². The Morgan fingerprint density at radius 1 is 1.19 bits per heavy atom. The van der Waals surface area contributed by atoms with Gasteiger partial charge >= 0.3 is 0 Å². The van der Waals surface area contributed by atoms with E-state index in [0.29, 0.717) is 25.5 Å². The van der Waals surface area contributed by atoms with Gasteiger partial charge in [-0.1, -0.05) is 6.07 Å². The minimum Gasteiger partial charge on any atom is -0.492 e. The summed E-state index contributed by atoms with van der Waals surface area (Å²) < 4.78 is 5.73. The van der Waals surface area contributed by atoms with Crippen molar-refractivity contribution in [2.75, 3.05) is 23.8 Å². The molecule has 1 aliphatic heterocycles. The van der Waals surface area contributed by atoms with Gasteiger partial charge in [-0.25, -0.2) is 4.99 Å². The van der Waals surface area contributed by atoms with Crippen LogP contribution in [0.3, 0.4) is 0 Å². The molecule has 4 N–H and O–H groups in total. The summed E-state index contributed by atoms with van der Waals surface area (Å²) >= 11 is 0. The molecule has 26 heavy (non-hydrogen) atoms. The zero-order valence-corrected chi connectivity index (χ0v) is 15.1. The summed E-state index contributed by atoms with van der Waals surface area (Å²) in [5.74, 6) is 1.20. The van der Waals surface area contributed by atoms with Gasteiger partial charge in [0.2, 0.25) is 5.91 Å². The summed E-state index contributed by atoms with van der Waals surface area (Å²) in [6, 6.07) is 11.9. The number of carbonyl (C=O) groups is 1. The summed E-state index contributed by atoms with van der Waals surface area (Å²) in [5.41, 5.74) is 11.2. The molecule has 2 aromatic rings. The Morgan fingerprint density at radius 2 is 1.96 bits per heavy atom. The van der Waals surface area contributed by atoms with E-state index in [4.69, 9.17) is 10.5 Å². The third-order valence-corrected chi connectivity index (χ3v) is 4.11. The van der Waals surface area contributed by atoms with E-state index in [-0.39, 0.29) is 5.91 Å². The molecule has 0 saturated heterocycles. The van der Waals surface area contributed by atoms with Crippen molar-refractivity contribution in [3.05, 3.63) is 53.1 Å². The minimum absolute atomic E-state index is 0.0623. The number of nitrogens with zero attached hydrogens (tertiary/aromatic N) is 1. The van der Waals surface area contributed by atoms with E-state index in [1.165, 1.54) is 11.1 Å². The fourth-order valence-corrected chi connectivity index (χ4v) is 3.01. The van der Waals surface area contributed by atoms with Crippen molar-refractivity contribution in [3.8, 4) is 5.75 Å². The van der Waals surface area contributed by atoms with Gasteiger partial charge < -0.3 is 21.1 Å². The van der Waals surface area contributed by atoms with Gasteiger partial charge in [-0.2, -0.15) is 0 Å². The van der Waals surface area contributed by atoms with Crippen LogP contribution in [0.4, 0.5) is 11.4 Å². The maximum Gasteiger partial charge on any atom is 0.224 e. The van der Waals surface area contributed by atoms with Crippen LogP contribution in [0.25, 0.3) is 0 Å². The SMILES string of the molecule is Cc1cc(C)cc(NC(N)=NCCOc2ccc3c(c2)CCC(=O)N3)c1. The van der Waals surface area contributed by atoms with Gasteiger partial charge in [-0.05, 0) is 67.3 Å². The first-order chi connectivity index (χ1) is 12.5. The van der Waals surface area contributed by atoms with Crippen molar-refractivity contribution < 1.29 is 9.53 Å². The van der Waals surface area contributed by atoms with Gasteiger partial charge in [-0.15, -0.1) is 0 Å². The van der Waals surface area contributed by atoms with E-state index in [0.717, 1.165) is 29.1 Å². The Kier molecular flexibility index (Phi) is 5.41. The molecule has 1 amide bonds. The van der Waals surface area contributed by atoms with Gasteiger partial charge in [0.25, 0.3) is 0 Å². The molecule has 0 bridgehead atoms. The minimum atomic E-state index is 0.0623. The number of aliphatic imine (C=N–C) groups is 1. The molecule has 6 nitrogen and oxygen atoms in total. The summed E-state index contributed by atoms with van der Waals surface area (Å²) in [5, 5.41) is 5.96. The normalized spacial score (nSPS) is 13.8. The molecule has 3 rings (SSSR count). The lowest BCUT2D eigenvalue weighted by Gasteiger charge is -2.17. The average Bonchev–Trinajstić information content (AvgIpc) is 2.58. The first-order valence-corrected chi connectivity index (χ1v) is 8.70. The third-order valence-electron chi connectivity index (χ3n) is 4.11. The van der Waals surface area contributed by atoms with Crippen LogP contribution >= 0.6 is 0 Å². The number of aryl methyl sites for hydroxylation is 3. The number of nitrogens with one attached hydrogen (secondary N) is 2. The Hall–Kier alpha value is -3.02. The Labute approximate surface area is 153 Å². The van der Waals surface area contributed by atoms with Crippen LogP contribution in [0.5, 0.6) is 5.75 Å². The van der Waals surface area contributed by atoms with Crippen LogP contribution < -0.4 is 21.1 Å². The van der Waals surface area contributed by atoms with Crippen LogP contribution in [0.1, 0.15) is 23.1 Å².